The molecular weight excluding hydrogens is 474 g/mol. The number of hydrogen-bond donors (Lipinski definition) is 0. The maximum atomic E-state index is 13.4. The summed E-state index contributed by atoms with van der Waals surface area (Å²) in [4.78, 5) is 29.4. The number of ketones is 1. The highest BCUT2D eigenvalue weighted by Gasteiger charge is 2.43. The van der Waals surface area contributed by atoms with Crippen molar-refractivity contribution >= 4 is 28.5 Å². The van der Waals surface area contributed by atoms with Gasteiger partial charge in [-0.25, -0.2) is 14.5 Å². The molecule has 1 aliphatic carbocycles. The van der Waals surface area contributed by atoms with Gasteiger partial charge in [0.05, 0.1) is 16.2 Å². The third-order valence-corrected chi connectivity index (χ3v) is 7.49. The summed E-state index contributed by atoms with van der Waals surface area (Å²) >= 11 is 1.60. The number of allylic oxidation sites excluding steroid dienone is 2. The van der Waals surface area contributed by atoms with E-state index in [2.05, 4.69) is 29.1 Å². The maximum absolute atomic E-state index is 13.4. The standard InChI is InChI=1S/C27H25N5O3S/c1-16(20-10-7-11-36-20)31-34-14-21-29-25-24-22(17-8-5-4-6-9-17)23-18(33)12-27(2,3)13-19(23)35-26(24)28-15-32(25)30-21/h4-11,15,22H,12-14H2,1-3H3/b31-16-/t22-/m1/s1. The lowest BCUT2D eigenvalue weighted by Crippen LogP contribution is -2.33. The van der Waals surface area contributed by atoms with Crippen molar-refractivity contribution in [2.45, 2.75) is 46.1 Å². The number of carbonyl (C=O) groups is 1. The molecule has 0 bridgehead atoms. The van der Waals surface area contributed by atoms with Crippen molar-refractivity contribution in [3.05, 3.63) is 87.3 Å². The summed E-state index contributed by atoms with van der Waals surface area (Å²) in [6.07, 6.45) is 2.74. The van der Waals surface area contributed by atoms with Crippen LogP contribution in [-0.2, 0) is 16.2 Å². The Morgan fingerprint density at radius 3 is 2.83 bits per heavy atom. The van der Waals surface area contributed by atoms with Crippen LogP contribution in [-0.4, -0.2) is 31.1 Å². The lowest BCUT2D eigenvalue weighted by Gasteiger charge is -2.37. The van der Waals surface area contributed by atoms with Crippen molar-refractivity contribution in [3.63, 3.8) is 0 Å². The van der Waals surface area contributed by atoms with E-state index in [0.29, 0.717) is 41.5 Å². The zero-order valence-electron chi connectivity index (χ0n) is 20.3. The van der Waals surface area contributed by atoms with Crippen LogP contribution >= 0.6 is 11.3 Å². The van der Waals surface area contributed by atoms with Gasteiger partial charge in [-0.15, -0.1) is 16.4 Å². The average molecular weight is 500 g/mol. The Hall–Kier alpha value is -3.85. The molecule has 4 aromatic rings. The minimum atomic E-state index is -0.332. The van der Waals surface area contributed by atoms with E-state index in [1.165, 1.54) is 0 Å². The van der Waals surface area contributed by atoms with Crippen LogP contribution in [0.5, 0.6) is 5.88 Å². The minimum Gasteiger partial charge on any atom is -0.442 e. The van der Waals surface area contributed by atoms with E-state index in [4.69, 9.17) is 14.6 Å². The van der Waals surface area contributed by atoms with Gasteiger partial charge in [-0.3, -0.25) is 4.79 Å². The van der Waals surface area contributed by atoms with E-state index in [-0.39, 0.29) is 23.7 Å². The van der Waals surface area contributed by atoms with Gasteiger partial charge in [0.25, 0.3) is 0 Å². The molecule has 0 spiro atoms. The fraction of sp³-hybridized carbons (Fsp3) is 0.296. The zero-order valence-corrected chi connectivity index (χ0v) is 21.1. The van der Waals surface area contributed by atoms with Gasteiger partial charge in [-0.05, 0) is 29.3 Å². The van der Waals surface area contributed by atoms with E-state index < -0.39 is 0 Å². The number of hydrogen-bond acceptors (Lipinski definition) is 8. The Morgan fingerprint density at radius 2 is 2.06 bits per heavy atom. The van der Waals surface area contributed by atoms with Gasteiger partial charge in [0.15, 0.2) is 23.9 Å². The molecule has 6 rings (SSSR count). The van der Waals surface area contributed by atoms with Crippen LogP contribution in [0.25, 0.3) is 5.65 Å². The molecular formula is C27H25N5O3S. The molecule has 0 N–H and O–H groups in total. The van der Waals surface area contributed by atoms with Gasteiger partial charge < -0.3 is 9.57 Å². The van der Waals surface area contributed by atoms with Crippen molar-refractivity contribution in [2.75, 3.05) is 0 Å². The predicted octanol–water partition coefficient (Wildman–Crippen LogP) is 5.29. The van der Waals surface area contributed by atoms with Gasteiger partial charge >= 0.3 is 0 Å². The normalized spacial score (nSPS) is 19.1. The van der Waals surface area contributed by atoms with Crippen LogP contribution in [0.2, 0.25) is 0 Å². The van der Waals surface area contributed by atoms with Crippen LogP contribution in [0.3, 0.4) is 0 Å². The number of nitrogens with zero attached hydrogens (tertiary/aromatic N) is 5. The Morgan fingerprint density at radius 1 is 1.22 bits per heavy atom. The van der Waals surface area contributed by atoms with E-state index in [1.54, 1.807) is 22.2 Å². The van der Waals surface area contributed by atoms with Crippen LogP contribution < -0.4 is 4.74 Å². The van der Waals surface area contributed by atoms with Crippen LogP contribution in [0.1, 0.15) is 61.4 Å². The summed E-state index contributed by atoms with van der Waals surface area (Å²) in [5.74, 6) is 1.41. The smallest absolute Gasteiger partial charge is 0.228 e. The molecule has 1 aromatic carbocycles. The first-order chi connectivity index (χ1) is 17.4. The topological polar surface area (TPSA) is 91.0 Å². The number of aromatic nitrogens is 4. The molecule has 4 heterocycles. The maximum Gasteiger partial charge on any atom is 0.228 e. The molecule has 1 aliphatic heterocycles. The molecule has 9 heteroatoms. The van der Waals surface area contributed by atoms with Crippen LogP contribution in [0.15, 0.2) is 70.7 Å². The van der Waals surface area contributed by atoms with E-state index in [1.807, 2.05) is 54.8 Å². The molecule has 0 radical (unpaired) electrons. The van der Waals surface area contributed by atoms with Crippen molar-refractivity contribution in [2.24, 2.45) is 10.6 Å². The molecule has 2 aliphatic rings. The third-order valence-electron chi connectivity index (χ3n) is 6.51. The third kappa shape index (κ3) is 3.99. The number of ether oxygens (including phenoxy) is 1. The minimum absolute atomic E-state index is 0.101. The van der Waals surface area contributed by atoms with E-state index in [9.17, 15) is 4.79 Å². The second-order valence-electron chi connectivity index (χ2n) is 9.91. The molecule has 0 fully saturated rings. The Kier molecular flexibility index (Phi) is 5.44. The molecule has 1 atom stereocenters. The second-order valence-corrected chi connectivity index (χ2v) is 10.9. The summed E-state index contributed by atoms with van der Waals surface area (Å²) in [5, 5.41) is 10.8. The second kappa shape index (κ2) is 8.67. The Bertz CT molecular complexity index is 1520. The summed E-state index contributed by atoms with van der Waals surface area (Å²) in [6, 6.07) is 14.0. The predicted molar refractivity (Wildman–Crippen MR) is 136 cm³/mol. The highest BCUT2D eigenvalue weighted by atomic mass is 32.1. The number of oxime groups is 1. The number of thiophene rings is 1. The number of fused-ring (bicyclic) bond motifs is 3. The summed E-state index contributed by atoms with van der Waals surface area (Å²) in [7, 11) is 0. The average Bonchev–Trinajstić information content (AvgIpc) is 3.52. The van der Waals surface area contributed by atoms with Gasteiger partial charge in [-0.1, -0.05) is 55.4 Å². The molecule has 0 saturated heterocycles. The lowest BCUT2D eigenvalue weighted by molar-refractivity contribution is -0.118. The molecule has 0 saturated carbocycles. The number of benzene rings is 1. The molecule has 36 heavy (non-hydrogen) atoms. The van der Waals surface area contributed by atoms with Gasteiger partial charge in [0.1, 0.15) is 12.1 Å². The molecule has 8 nitrogen and oxygen atoms in total. The Balaban J connectivity index is 1.41. The highest BCUT2D eigenvalue weighted by Crippen LogP contribution is 2.50. The number of Topliss-reactive ketones (excluding diaryl/α,β-unsaturated/α-hetero) is 1. The van der Waals surface area contributed by atoms with Crippen LogP contribution in [0, 0.1) is 5.41 Å². The molecule has 182 valence electrons. The quantitative estimate of drug-likeness (QED) is 0.274. The largest absolute Gasteiger partial charge is 0.442 e. The van der Waals surface area contributed by atoms with Crippen molar-refractivity contribution < 1.29 is 14.4 Å². The highest BCUT2D eigenvalue weighted by molar-refractivity contribution is 7.12. The number of rotatable bonds is 5. The van der Waals surface area contributed by atoms with Gasteiger partial charge in [0, 0.05) is 24.3 Å². The number of carbonyl (C=O) groups excluding carboxylic acids is 1. The van der Waals surface area contributed by atoms with Crippen molar-refractivity contribution in [1.82, 2.24) is 19.6 Å². The van der Waals surface area contributed by atoms with E-state index in [0.717, 1.165) is 21.7 Å². The van der Waals surface area contributed by atoms with Crippen LogP contribution in [0.4, 0.5) is 0 Å². The summed E-state index contributed by atoms with van der Waals surface area (Å²) in [6.45, 7) is 6.19. The first kappa shape index (κ1) is 22.6. The molecule has 3 aromatic heterocycles. The van der Waals surface area contributed by atoms with E-state index >= 15 is 0 Å². The van der Waals surface area contributed by atoms with Gasteiger partial charge in [-0.2, -0.15) is 0 Å². The monoisotopic (exact) mass is 499 g/mol. The zero-order chi connectivity index (χ0) is 24.9. The first-order valence-electron chi connectivity index (χ1n) is 11.8. The van der Waals surface area contributed by atoms with Gasteiger partial charge in [0.2, 0.25) is 5.88 Å². The Labute approximate surface area is 212 Å². The van der Waals surface area contributed by atoms with Crippen molar-refractivity contribution in [3.8, 4) is 5.88 Å². The lowest BCUT2D eigenvalue weighted by atomic mass is 9.70. The SMILES string of the molecule is C/C(=N/OCc1nc2c3c(ncn2n1)OC1=C(C(=O)CC(C)(C)C1)[C@H]3c1ccccc1)c1cccs1. The fourth-order valence-electron chi connectivity index (χ4n) is 4.95. The summed E-state index contributed by atoms with van der Waals surface area (Å²) < 4.78 is 7.90. The summed E-state index contributed by atoms with van der Waals surface area (Å²) in [5.41, 5.74) is 3.65. The fourth-order valence-corrected chi connectivity index (χ4v) is 5.61. The molecule has 0 amide bonds. The first-order valence-corrected chi connectivity index (χ1v) is 12.7. The molecule has 0 unspecified atom stereocenters. The van der Waals surface area contributed by atoms with Crippen molar-refractivity contribution in [1.29, 1.82) is 0 Å².